The van der Waals surface area contributed by atoms with Crippen molar-refractivity contribution in [3.8, 4) is 0 Å². The zero-order valence-electron chi connectivity index (χ0n) is 13.7. The summed E-state index contributed by atoms with van der Waals surface area (Å²) in [6, 6.07) is 8.65. The maximum Gasteiger partial charge on any atom is 0.316 e. The summed E-state index contributed by atoms with van der Waals surface area (Å²) in [4.78, 5) is 11.0. The van der Waals surface area contributed by atoms with E-state index in [0.717, 1.165) is 19.3 Å². The lowest BCUT2D eigenvalue weighted by Gasteiger charge is -2.04. The van der Waals surface area contributed by atoms with Gasteiger partial charge in [0.15, 0.2) is 0 Å². The Hall–Kier alpha value is -1.35. The highest BCUT2D eigenvalue weighted by atomic mass is 79.9. The molecule has 0 aromatic heterocycles. The molecule has 0 heterocycles. The monoisotopic (exact) mass is 364 g/mol. The second kappa shape index (κ2) is 10.4. The third-order valence-corrected chi connectivity index (χ3v) is 3.84. The van der Waals surface area contributed by atoms with E-state index in [9.17, 15) is 4.79 Å². The van der Waals surface area contributed by atoms with Gasteiger partial charge < -0.3 is 4.74 Å². The molecule has 1 aromatic rings. The Morgan fingerprint density at radius 3 is 2.68 bits per heavy atom. The van der Waals surface area contributed by atoms with Crippen molar-refractivity contribution in [2.24, 2.45) is 0 Å². The molecule has 3 heteroatoms. The van der Waals surface area contributed by atoms with Crippen LogP contribution in [0.15, 0.2) is 47.6 Å². The molecule has 0 saturated heterocycles. The minimum absolute atomic E-state index is 0.224. The number of carbonyl (C=O) groups excluding carboxylic acids is 1. The number of aryl methyl sites for hydroxylation is 1. The predicted molar refractivity (Wildman–Crippen MR) is 96.4 cm³/mol. The normalized spacial score (nSPS) is 12.4. The van der Waals surface area contributed by atoms with Crippen LogP contribution in [0.2, 0.25) is 0 Å². The third-order valence-electron chi connectivity index (χ3n) is 3.38. The Morgan fingerprint density at radius 2 is 2.00 bits per heavy atom. The van der Waals surface area contributed by atoms with Gasteiger partial charge in [-0.1, -0.05) is 63.0 Å². The van der Waals surface area contributed by atoms with E-state index in [1.54, 1.807) is 0 Å². The molecule has 0 aliphatic carbocycles. The summed E-state index contributed by atoms with van der Waals surface area (Å²) in [5, 5.41) is 0.251. The van der Waals surface area contributed by atoms with Gasteiger partial charge in [-0.3, -0.25) is 4.79 Å². The molecular weight excluding hydrogens is 340 g/mol. The predicted octanol–water partition coefficient (Wildman–Crippen LogP) is 5.15. The summed E-state index contributed by atoms with van der Waals surface area (Å²) in [5.41, 5.74) is 5.32. The summed E-state index contributed by atoms with van der Waals surface area (Å²) >= 11 is 3.07. The summed E-state index contributed by atoms with van der Waals surface area (Å²) in [6.45, 7) is 6.74. The van der Waals surface area contributed by atoms with Crippen LogP contribution in [0.4, 0.5) is 0 Å². The number of esters is 1. The summed E-state index contributed by atoms with van der Waals surface area (Å²) in [5.74, 6) is -0.224. The Morgan fingerprint density at radius 1 is 1.23 bits per heavy atom. The summed E-state index contributed by atoms with van der Waals surface area (Å²) in [7, 11) is 0. The molecule has 0 fully saturated rings. The maximum atomic E-state index is 11.0. The van der Waals surface area contributed by atoms with Crippen molar-refractivity contribution < 1.29 is 9.53 Å². The van der Waals surface area contributed by atoms with Crippen molar-refractivity contribution in [3.05, 3.63) is 58.7 Å². The molecule has 22 heavy (non-hydrogen) atoms. The summed E-state index contributed by atoms with van der Waals surface area (Å²) < 4.78 is 5.00. The van der Waals surface area contributed by atoms with E-state index < -0.39 is 0 Å². The van der Waals surface area contributed by atoms with Crippen molar-refractivity contribution in [1.82, 2.24) is 0 Å². The third kappa shape index (κ3) is 8.18. The largest absolute Gasteiger partial charge is 0.461 e. The minimum atomic E-state index is -0.224. The van der Waals surface area contributed by atoms with Crippen LogP contribution in [0.25, 0.3) is 0 Å². The van der Waals surface area contributed by atoms with Crippen LogP contribution in [0.3, 0.4) is 0 Å². The fraction of sp³-hybridized carbons (Fsp3) is 0.421. The standard InChI is InChI=1S/C19H25BrO2/c1-15(10-11-22-19(21)14-20)6-4-7-16(2)12-18-9-5-8-17(3)13-18/h5,7-10,13H,4,6,11-12,14H2,1-3H3. The van der Waals surface area contributed by atoms with Crippen molar-refractivity contribution in [1.29, 1.82) is 0 Å². The van der Waals surface area contributed by atoms with Crippen LogP contribution in [0.1, 0.15) is 37.8 Å². The first-order valence-electron chi connectivity index (χ1n) is 7.59. The average molecular weight is 365 g/mol. The first-order chi connectivity index (χ1) is 10.5. The molecule has 2 nitrogen and oxygen atoms in total. The van der Waals surface area contributed by atoms with E-state index in [2.05, 4.69) is 67.0 Å². The Labute approximate surface area is 142 Å². The minimum Gasteiger partial charge on any atom is -0.461 e. The van der Waals surface area contributed by atoms with E-state index in [4.69, 9.17) is 4.74 Å². The number of hydrogen-bond acceptors (Lipinski definition) is 2. The Kier molecular flexibility index (Phi) is 8.83. The number of alkyl halides is 1. The number of rotatable bonds is 8. The molecule has 0 saturated carbocycles. The van der Waals surface area contributed by atoms with Crippen LogP contribution in [0.5, 0.6) is 0 Å². The lowest BCUT2D eigenvalue weighted by atomic mass is 10.0. The fourth-order valence-corrected chi connectivity index (χ4v) is 2.34. The smallest absolute Gasteiger partial charge is 0.316 e. The second-order valence-electron chi connectivity index (χ2n) is 5.62. The van der Waals surface area contributed by atoms with E-state index in [1.807, 2.05) is 6.08 Å². The number of ether oxygens (including phenoxy) is 1. The number of allylic oxidation sites excluding steroid dienone is 3. The molecule has 1 aromatic carbocycles. The van der Waals surface area contributed by atoms with Crippen molar-refractivity contribution in [2.45, 2.75) is 40.0 Å². The van der Waals surface area contributed by atoms with Gasteiger partial charge in [-0.15, -0.1) is 0 Å². The van der Waals surface area contributed by atoms with E-state index in [-0.39, 0.29) is 11.3 Å². The zero-order chi connectivity index (χ0) is 16.4. The van der Waals surface area contributed by atoms with Gasteiger partial charge in [0.1, 0.15) is 11.9 Å². The maximum absolute atomic E-state index is 11.0. The van der Waals surface area contributed by atoms with Gasteiger partial charge in [0.2, 0.25) is 0 Å². The molecule has 0 atom stereocenters. The molecule has 0 unspecified atom stereocenters. The SMILES string of the molecule is CC(=CCOC(=O)CBr)CCC=C(C)Cc1cccc(C)c1. The topological polar surface area (TPSA) is 26.3 Å². The quantitative estimate of drug-likeness (QED) is 0.362. The highest BCUT2D eigenvalue weighted by Gasteiger charge is 1.98. The lowest BCUT2D eigenvalue weighted by Crippen LogP contribution is -2.05. The van der Waals surface area contributed by atoms with Crippen molar-refractivity contribution >= 4 is 21.9 Å². The van der Waals surface area contributed by atoms with Crippen LogP contribution in [0, 0.1) is 6.92 Å². The molecule has 120 valence electrons. The van der Waals surface area contributed by atoms with Crippen LogP contribution >= 0.6 is 15.9 Å². The van der Waals surface area contributed by atoms with Gasteiger partial charge in [0, 0.05) is 0 Å². The van der Waals surface area contributed by atoms with Crippen LogP contribution in [-0.2, 0) is 16.0 Å². The lowest BCUT2D eigenvalue weighted by molar-refractivity contribution is -0.139. The van der Waals surface area contributed by atoms with Gasteiger partial charge >= 0.3 is 5.97 Å². The van der Waals surface area contributed by atoms with Gasteiger partial charge in [0.25, 0.3) is 0 Å². The van der Waals surface area contributed by atoms with Gasteiger partial charge in [0.05, 0.1) is 0 Å². The molecule has 0 spiro atoms. The van der Waals surface area contributed by atoms with Gasteiger partial charge in [-0.05, 0) is 51.7 Å². The Bertz CT molecular complexity index is 544. The molecule has 0 aliphatic heterocycles. The zero-order valence-corrected chi connectivity index (χ0v) is 15.3. The molecule has 0 N–H and O–H groups in total. The number of benzene rings is 1. The molecule has 0 aliphatic rings. The fourth-order valence-electron chi connectivity index (χ4n) is 2.18. The van der Waals surface area contributed by atoms with Crippen molar-refractivity contribution in [2.75, 3.05) is 11.9 Å². The van der Waals surface area contributed by atoms with Crippen LogP contribution < -0.4 is 0 Å². The first kappa shape index (κ1) is 18.7. The van der Waals surface area contributed by atoms with E-state index >= 15 is 0 Å². The van der Waals surface area contributed by atoms with Gasteiger partial charge in [-0.25, -0.2) is 0 Å². The number of halogens is 1. The average Bonchev–Trinajstić information content (AvgIpc) is 2.47. The van der Waals surface area contributed by atoms with Crippen molar-refractivity contribution in [3.63, 3.8) is 0 Å². The van der Waals surface area contributed by atoms with Gasteiger partial charge in [-0.2, -0.15) is 0 Å². The molecule has 0 amide bonds. The molecule has 0 bridgehead atoms. The number of carbonyl (C=O) groups is 1. The molecular formula is C19H25BrO2. The Balaban J connectivity index is 2.34. The highest BCUT2D eigenvalue weighted by Crippen LogP contribution is 2.12. The number of hydrogen-bond donors (Lipinski definition) is 0. The molecule has 1 rings (SSSR count). The summed E-state index contributed by atoms with van der Waals surface area (Å²) in [6.07, 6.45) is 7.30. The van der Waals surface area contributed by atoms with E-state index in [0.29, 0.717) is 6.61 Å². The second-order valence-corrected chi connectivity index (χ2v) is 6.18. The molecule has 0 radical (unpaired) electrons. The van der Waals surface area contributed by atoms with E-state index in [1.165, 1.54) is 22.3 Å². The first-order valence-corrected chi connectivity index (χ1v) is 8.72. The van der Waals surface area contributed by atoms with Crippen LogP contribution in [-0.4, -0.2) is 17.9 Å². The highest BCUT2D eigenvalue weighted by molar-refractivity contribution is 9.09.